The first kappa shape index (κ1) is 18.9. The summed E-state index contributed by atoms with van der Waals surface area (Å²) >= 11 is 0. The normalized spacial score (nSPS) is 15.2. The number of benzene rings is 2. The number of halogens is 1. The van der Waals surface area contributed by atoms with Crippen molar-refractivity contribution >= 4 is 12.0 Å². The number of carbonyl (C=O) groups excluding carboxylic acids is 1. The number of nitrogens with zero attached hydrogens (tertiary/aromatic N) is 3. The predicted molar refractivity (Wildman–Crippen MR) is 104 cm³/mol. The highest BCUT2D eigenvalue weighted by Crippen LogP contribution is 2.29. The molecule has 3 aromatic rings. The van der Waals surface area contributed by atoms with Crippen molar-refractivity contribution in [1.82, 2.24) is 15.0 Å². The lowest BCUT2D eigenvalue weighted by Gasteiger charge is -2.29. The summed E-state index contributed by atoms with van der Waals surface area (Å²) in [5.41, 5.74) is 1.22. The van der Waals surface area contributed by atoms with Gasteiger partial charge in [0.15, 0.2) is 5.82 Å². The zero-order chi connectivity index (χ0) is 20.4. The number of urea groups is 1. The average Bonchev–Trinajstić information content (AvgIpc) is 3.04. The number of fused-ring (bicyclic) bond motifs is 1. The quantitative estimate of drug-likeness (QED) is 0.724. The Labute approximate surface area is 167 Å². The summed E-state index contributed by atoms with van der Waals surface area (Å²) in [6.07, 6.45) is 0.373. The molecule has 0 radical (unpaired) electrons. The molecule has 2 amide bonds. The molecule has 0 unspecified atom stereocenters. The molecule has 1 aliphatic rings. The molecule has 29 heavy (non-hydrogen) atoms. The van der Waals surface area contributed by atoms with Gasteiger partial charge >= 0.3 is 12.0 Å². The fraction of sp³-hybridized carbons (Fsp3) is 0.286. The molecule has 1 aliphatic heterocycles. The van der Waals surface area contributed by atoms with Gasteiger partial charge in [0, 0.05) is 12.0 Å². The predicted octanol–water partition coefficient (Wildman–Crippen LogP) is 4.00. The molecule has 7 nitrogen and oxygen atoms in total. The largest absolute Gasteiger partial charge is 0.486 e. The van der Waals surface area contributed by atoms with Crippen LogP contribution in [-0.2, 0) is 13.0 Å². The summed E-state index contributed by atoms with van der Waals surface area (Å²) in [5.74, 6) is 0.865. The number of ether oxygens (including phenoxy) is 1. The van der Waals surface area contributed by atoms with Crippen molar-refractivity contribution < 1.29 is 18.4 Å². The van der Waals surface area contributed by atoms with Gasteiger partial charge in [0.25, 0.3) is 0 Å². The molecule has 8 heteroatoms. The maximum absolute atomic E-state index is 13.0. The van der Waals surface area contributed by atoms with Gasteiger partial charge in [-0.25, -0.2) is 9.18 Å². The second-order valence-corrected chi connectivity index (χ2v) is 7.57. The molecule has 1 N–H and O–H groups in total. The van der Waals surface area contributed by atoms with Crippen LogP contribution in [0.15, 0.2) is 53.1 Å². The SMILES string of the molecule is CC1(C)CN(C(=O)Nc2nc(Cc3ccc(F)cc3)no2)Cc2ccccc2O1. The van der Waals surface area contributed by atoms with Crippen molar-refractivity contribution in [2.24, 2.45) is 0 Å². The van der Waals surface area contributed by atoms with Gasteiger partial charge in [-0.1, -0.05) is 35.5 Å². The molecule has 2 aromatic carbocycles. The van der Waals surface area contributed by atoms with E-state index in [2.05, 4.69) is 15.5 Å². The first-order chi connectivity index (χ1) is 13.9. The summed E-state index contributed by atoms with van der Waals surface area (Å²) in [4.78, 5) is 18.7. The number of para-hydroxylation sites is 1. The molecule has 150 valence electrons. The van der Waals surface area contributed by atoms with E-state index in [9.17, 15) is 9.18 Å². The summed E-state index contributed by atoms with van der Waals surface area (Å²) < 4.78 is 24.2. The number of amides is 2. The molecule has 4 rings (SSSR count). The Hall–Kier alpha value is -3.42. The molecule has 0 fully saturated rings. The van der Waals surface area contributed by atoms with Crippen LogP contribution < -0.4 is 10.1 Å². The van der Waals surface area contributed by atoms with Crippen molar-refractivity contribution in [2.45, 2.75) is 32.4 Å². The number of aromatic nitrogens is 2. The highest BCUT2D eigenvalue weighted by molar-refractivity contribution is 5.87. The molecule has 0 saturated heterocycles. The van der Waals surface area contributed by atoms with Gasteiger partial charge in [-0.2, -0.15) is 4.98 Å². The molecular formula is C21H21FN4O3. The second kappa shape index (κ2) is 7.54. The first-order valence-electron chi connectivity index (χ1n) is 9.28. The Balaban J connectivity index is 1.45. The molecule has 0 spiro atoms. The van der Waals surface area contributed by atoms with Crippen LogP contribution in [0.5, 0.6) is 5.75 Å². The van der Waals surface area contributed by atoms with Crippen molar-refractivity contribution in [2.75, 3.05) is 11.9 Å². The number of carbonyl (C=O) groups is 1. The second-order valence-electron chi connectivity index (χ2n) is 7.57. The number of nitrogens with one attached hydrogen (secondary N) is 1. The summed E-state index contributed by atoms with van der Waals surface area (Å²) in [6.45, 7) is 4.66. The average molecular weight is 396 g/mol. The third-order valence-corrected chi connectivity index (χ3v) is 4.54. The highest BCUT2D eigenvalue weighted by atomic mass is 19.1. The van der Waals surface area contributed by atoms with Gasteiger partial charge in [-0.05, 0) is 37.6 Å². The third kappa shape index (κ3) is 4.53. The van der Waals surface area contributed by atoms with E-state index < -0.39 is 5.60 Å². The first-order valence-corrected chi connectivity index (χ1v) is 9.28. The molecular weight excluding hydrogens is 375 g/mol. The molecule has 0 aliphatic carbocycles. The van der Waals surface area contributed by atoms with E-state index in [1.807, 2.05) is 38.1 Å². The van der Waals surface area contributed by atoms with Gasteiger partial charge in [-0.3, -0.25) is 5.32 Å². The topological polar surface area (TPSA) is 80.5 Å². The van der Waals surface area contributed by atoms with Crippen LogP contribution in [-0.4, -0.2) is 33.2 Å². The van der Waals surface area contributed by atoms with Crippen LogP contribution in [0, 0.1) is 5.82 Å². The lowest BCUT2D eigenvalue weighted by Crippen LogP contribution is -2.44. The number of anilines is 1. The zero-order valence-corrected chi connectivity index (χ0v) is 16.2. The minimum atomic E-state index is -0.549. The van der Waals surface area contributed by atoms with Crippen LogP contribution in [0.1, 0.15) is 30.8 Å². The number of hydrogen-bond acceptors (Lipinski definition) is 5. The van der Waals surface area contributed by atoms with Crippen molar-refractivity contribution in [3.05, 3.63) is 71.3 Å². The van der Waals surface area contributed by atoms with Gasteiger partial charge in [0.1, 0.15) is 17.2 Å². The molecule has 0 saturated carbocycles. The smallest absolute Gasteiger partial charge is 0.329 e. The Morgan fingerprint density at radius 3 is 2.76 bits per heavy atom. The molecule has 0 bridgehead atoms. The van der Waals surface area contributed by atoms with Crippen LogP contribution in [0.25, 0.3) is 0 Å². The lowest BCUT2D eigenvalue weighted by molar-refractivity contribution is 0.0833. The molecule has 2 heterocycles. The van der Waals surface area contributed by atoms with Crippen molar-refractivity contribution in [1.29, 1.82) is 0 Å². The van der Waals surface area contributed by atoms with Crippen LogP contribution in [0.3, 0.4) is 0 Å². The van der Waals surface area contributed by atoms with Crippen LogP contribution in [0.2, 0.25) is 0 Å². The van der Waals surface area contributed by atoms with Gasteiger partial charge < -0.3 is 14.2 Å². The third-order valence-electron chi connectivity index (χ3n) is 4.54. The highest BCUT2D eigenvalue weighted by Gasteiger charge is 2.32. The number of rotatable bonds is 3. The minimum Gasteiger partial charge on any atom is -0.486 e. The number of hydrogen-bond donors (Lipinski definition) is 1. The van der Waals surface area contributed by atoms with Crippen LogP contribution >= 0.6 is 0 Å². The summed E-state index contributed by atoms with van der Waals surface area (Å²) in [6, 6.07) is 13.4. The van der Waals surface area contributed by atoms with Crippen molar-refractivity contribution in [3.8, 4) is 5.75 Å². The Morgan fingerprint density at radius 2 is 1.97 bits per heavy atom. The maximum atomic E-state index is 13.0. The lowest BCUT2D eigenvalue weighted by atomic mass is 10.1. The minimum absolute atomic E-state index is 0.0170. The molecule has 0 atom stereocenters. The van der Waals surface area contributed by atoms with Gasteiger partial charge in [0.2, 0.25) is 0 Å². The van der Waals surface area contributed by atoms with Crippen LogP contribution in [0.4, 0.5) is 15.2 Å². The van der Waals surface area contributed by atoms with E-state index in [1.165, 1.54) is 12.1 Å². The van der Waals surface area contributed by atoms with E-state index in [0.717, 1.165) is 16.9 Å². The van der Waals surface area contributed by atoms with Gasteiger partial charge in [-0.15, -0.1) is 0 Å². The van der Waals surface area contributed by atoms with E-state index >= 15 is 0 Å². The van der Waals surface area contributed by atoms with E-state index in [-0.39, 0.29) is 17.9 Å². The van der Waals surface area contributed by atoms with E-state index in [0.29, 0.717) is 25.3 Å². The van der Waals surface area contributed by atoms with E-state index in [4.69, 9.17) is 9.26 Å². The fourth-order valence-corrected chi connectivity index (χ4v) is 3.26. The Morgan fingerprint density at radius 1 is 1.21 bits per heavy atom. The van der Waals surface area contributed by atoms with Gasteiger partial charge in [0.05, 0.1) is 13.1 Å². The zero-order valence-electron chi connectivity index (χ0n) is 16.2. The van der Waals surface area contributed by atoms with Crippen molar-refractivity contribution in [3.63, 3.8) is 0 Å². The molecule has 1 aromatic heterocycles. The fourth-order valence-electron chi connectivity index (χ4n) is 3.26. The Kier molecular flexibility index (Phi) is 4.92. The Bertz CT molecular complexity index is 1020. The van der Waals surface area contributed by atoms with E-state index in [1.54, 1.807) is 17.0 Å². The maximum Gasteiger partial charge on any atom is 0.329 e. The standard InChI is InChI=1S/C21H21FN4O3/c1-21(2)13-26(12-15-5-3-4-6-17(15)28-21)20(27)24-19-23-18(25-29-19)11-14-7-9-16(22)10-8-14/h3-10H,11-13H2,1-2H3,(H,23,24,25,27). The summed E-state index contributed by atoms with van der Waals surface area (Å²) in [7, 11) is 0. The summed E-state index contributed by atoms with van der Waals surface area (Å²) in [5, 5.41) is 6.53. The monoisotopic (exact) mass is 396 g/mol.